The van der Waals surface area contributed by atoms with E-state index in [0.717, 1.165) is 11.1 Å². The predicted octanol–water partition coefficient (Wildman–Crippen LogP) is 5.48. The lowest BCUT2D eigenvalue weighted by Crippen LogP contribution is -2.34. The summed E-state index contributed by atoms with van der Waals surface area (Å²) in [6.45, 7) is 7.11. The first kappa shape index (κ1) is 26.7. The fourth-order valence-electron chi connectivity index (χ4n) is 3.15. The van der Waals surface area contributed by atoms with Crippen LogP contribution >= 0.6 is 11.6 Å². The van der Waals surface area contributed by atoms with Crippen molar-refractivity contribution >= 4 is 33.7 Å². The molecule has 0 aliphatic carbocycles. The van der Waals surface area contributed by atoms with Gasteiger partial charge in [-0.15, -0.1) is 0 Å². The van der Waals surface area contributed by atoms with Crippen molar-refractivity contribution < 1.29 is 17.9 Å². The number of hydrogen-bond donors (Lipinski definition) is 0. The number of nitrogens with zero attached hydrogens (tertiary/aromatic N) is 1. The standard InChI is InChI=1S/C26H30ClNO4S/c1-5-26(6-2,32-22(4)29)18-8-20-28(19-7-9-23-12-14-24(27)15-13-23)33(30,31)25-16-10-21(3)11-17-25/h7,9-17H,5-6,19-20H2,1-4H3/b9-7+. The molecule has 0 N–H and O–H groups in total. The Hall–Kier alpha value is -2.59. The molecule has 0 unspecified atom stereocenters. The minimum Gasteiger partial charge on any atom is -0.446 e. The Bertz CT molecular complexity index is 1120. The highest BCUT2D eigenvalue weighted by atomic mass is 35.5. The third-order valence-electron chi connectivity index (χ3n) is 5.20. The number of sulfonamides is 1. The van der Waals surface area contributed by atoms with E-state index in [4.69, 9.17) is 16.3 Å². The summed E-state index contributed by atoms with van der Waals surface area (Å²) in [6, 6.07) is 14.0. The SMILES string of the molecule is CCC(C#CCN(C/C=C/c1ccc(Cl)cc1)S(=O)(=O)c1ccc(C)cc1)(CC)OC(C)=O. The fraction of sp³-hybridized carbons (Fsp3) is 0.346. The molecule has 0 amide bonds. The van der Waals surface area contributed by atoms with Crippen LogP contribution in [0.2, 0.25) is 5.02 Å². The van der Waals surface area contributed by atoms with Gasteiger partial charge in [-0.05, 0) is 49.6 Å². The summed E-state index contributed by atoms with van der Waals surface area (Å²) in [6.07, 6.45) is 4.63. The molecule has 0 atom stereocenters. The smallest absolute Gasteiger partial charge is 0.304 e. The molecule has 0 spiro atoms. The van der Waals surface area contributed by atoms with E-state index in [1.807, 2.05) is 39.0 Å². The first-order valence-electron chi connectivity index (χ1n) is 10.8. The highest BCUT2D eigenvalue weighted by Gasteiger charge is 2.27. The number of ether oxygens (including phenoxy) is 1. The van der Waals surface area contributed by atoms with Crippen LogP contribution in [0.25, 0.3) is 6.08 Å². The maximum atomic E-state index is 13.3. The lowest BCUT2D eigenvalue weighted by Gasteiger charge is -2.25. The van der Waals surface area contributed by atoms with Crippen molar-refractivity contribution in [3.63, 3.8) is 0 Å². The van der Waals surface area contributed by atoms with E-state index < -0.39 is 21.6 Å². The zero-order valence-corrected chi connectivity index (χ0v) is 21.0. The molecule has 0 radical (unpaired) electrons. The third-order valence-corrected chi connectivity index (χ3v) is 7.28. The van der Waals surface area contributed by atoms with Crippen molar-refractivity contribution in [2.45, 2.75) is 51.0 Å². The van der Waals surface area contributed by atoms with E-state index in [9.17, 15) is 13.2 Å². The second-order valence-corrected chi connectivity index (χ2v) is 10.0. The van der Waals surface area contributed by atoms with E-state index in [2.05, 4.69) is 11.8 Å². The quantitative estimate of drug-likeness (QED) is 0.347. The maximum absolute atomic E-state index is 13.3. The number of halogens is 1. The van der Waals surface area contributed by atoms with Gasteiger partial charge in [0.1, 0.15) is 0 Å². The van der Waals surface area contributed by atoms with Crippen LogP contribution in [0.1, 0.15) is 44.7 Å². The second kappa shape index (κ2) is 12.0. The Morgan fingerprint density at radius 3 is 2.24 bits per heavy atom. The third kappa shape index (κ3) is 7.75. The van der Waals surface area contributed by atoms with Crippen molar-refractivity contribution in [2.24, 2.45) is 0 Å². The zero-order valence-electron chi connectivity index (χ0n) is 19.5. The molecule has 176 valence electrons. The maximum Gasteiger partial charge on any atom is 0.304 e. The molecule has 0 saturated heterocycles. The molecule has 2 aromatic carbocycles. The number of hydrogen-bond acceptors (Lipinski definition) is 4. The number of carbonyl (C=O) groups excluding carboxylic acids is 1. The van der Waals surface area contributed by atoms with Gasteiger partial charge in [-0.25, -0.2) is 8.42 Å². The van der Waals surface area contributed by atoms with Gasteiger partial charge in [0.25, 0.3) is 0 Å². The summed E-state index contributed by atoms with van der Waals surface area (Å²) < 4.78 is 33.4. The zero-order chi connectivity index (χ0) is 24.5. The van der Waals surface area contributed by atoms with Crippen LogP contribution in [0.5, 0.6) is 0 Å². The average molecular weight is 488 g/mol. The van der Waals surface area contributed by atoms with Crippen molar-refractivity contribution in [3.8, 4) is 11.8 Å². The lowest BCUT2D eigenvalue weighted by atomic mass is 9.98. The van der Waals surface area contributed by atoms with E-state index in [0.29, 0.717) is 17.9 Å². The van der Waals surface area contributed by atoms with Crippen LogP contribution in [0.3, 0.4) is 0 Å². The minimum absolute atomic E-state index is 0.0375. The van der Waals surface area contributed by atoms with Crippen molar-refractivity contribution in [2.75, 3.05) is 13.1 Å². The first-order valence-corrected chi connectivity index (χ1v) is 12.6. The van der Waals surface area contributed by atoms with Crippen LogP contribution in [-0.4, -0.2) is 37.4 Å². The Morgan fingerprint density at radius 1 is 1.09 bits per heavy atom. The summed E-state index contributed by atoms with van der Waals surface area (Å²) in [5, 5.41) is 0.633. The van der Waals surface area contributed by atoms with Gasteiger partial charge in [0, 0.05) is 18.5 Å². The molecular weight excluding hydrogens is 458 g/mol. The van der Waals surface area contributed by atoms with Gasteiger partial charge in [-0.1, -0.05) is 79.3 Å². The number of benzene rings is 2. The fourth-order valence-corrected chi connectivity index (χ4v) is 4.57. The molecule has 0 aliphatic heterocycles. The van der Waals surface area contributed by atoms with Gasteiger partial charge in [0.2, 0.25) is 10.0 Å². The molecule has 2 aromatic rings. The van der Waals surface area contributed by atoms with E-state index >= 15 is 0 Å². The average Bonchev–Trinajstić information content (AvgIpc) is 2.78. The van der Waals surface area contributed by atoms with Crippen LogP contribution < -0.4 is 0 Å². The Morgan fingerprint density at radius 2 is 1.70 bits per heavy atom. The van der Waals surface area contributed by atoms with Gasteiger partial charge in [-0.2, -0.15) is 4.31 Å². The Kier molecular flexibility index (Phi) is 9.72. The molecule has 0 saturated carbocycles. The largest absolute Gasteiger partial charge is 0.446 e. The molecule has 0 fully saturated rings. The van der Waals surface area contributed by atoms with Crippen molar-refractivity contribution in [3.05, 3.63) is 70.8 Å². The van der Waals surface area contributed by atoms with Gasteiger partial charge in [-0.3, -0.25) is 4.79 Å². The number of rotatable bonds is 9. The van der Waals surface area contributed by atoms with Crippen LogP contribution in [-0.2, 0) is 19.6 Å². The van der Waals surface area contributed by atoms with E-state index in [1.165, 1.54) is 11.2 Å². The van der Waals surface area contributed by atoms with Crippen LogP contribution in [0, 0.1) is 18.8 Å². The van der Waals surface area contributed by atoms with Crippen molar-refractivity contribution in [1.29, 1.82) is 0 Å². The van der Waals surface area contributed by atoms with E-state index in [-0.39, 0.29) is 18.0 Å². The van der Waals surface area contributed by atoms with Gasteiger partial charge in [0.15, 0.2) is 5.60 Å². The van der Waals surface area contributed by atoms with Gasteiger partial charge < -0.3 is 4.74 Å². The van der Waals surface area contributed by atoms with Crippen molar-refractivity contribution in [1.82, 2.24) is 4.31 Å². The summed E-state index contributed by atoms with van der Waals surface area (Å²) in [7, 11) is -3.78. The number of aryl methyl sites for hydroxylation is 1. The highest BCUT2D eigenvalue weighted by molar-refractivity contribution is 7.89. The molecule has 0 aliphatic rings. The molecule has 0 aromatic heterocycles. The number of carbonyl (C=O) groups is 1. The molecular formula is C26H30ClNO4S. The highest BCUT2D eigenvalue weighted by Crippen LogP contribution is 2.21. The molecule has 0 heterocycles. The number of esters is 1. The van der Waals surface area contributed by atoms with Crippen LogP contribution in [0.15, 0.2) is 59.5 Å². The molecule has 33 heavy (non-hydrogen) atoms. The van der Waals surface area contributed by atoms with Crippen LogP contribution in [0.4, 0.5) is 0 Å². The molecule has 2 rings (SSSR count). The lowest BCUT2D eigenvalue weighted by molar-refractivity contribution is -0.152. The summed E-state index contributed by atoms with van der Waals surface area (Å²) >= 11 is 5.93. The predicted molar refractivity (Wildman–Crippen MR) is 133 cm³/mol. The Balaban J connectivity index is 2.33. The molecule has 7 heteroatoms. The molecule has 0 bridgehead atoms. The topological polar surface area (TPSA) is 63.7 Å². The second-order valence-electron chi connectivity index (χ2n) is 7.66. The normalized spacial score (nSPS) is 11.9. The molecule has 5 nitrogen and oxygen atoms in total. The Labute approximate surface area is 202 Å². The first-order chi connectivity index (χ1) is 15.6. The summed E-state index contributed by atoms with van der Waals surface area (Å²) in [5.74, 6) is 5.53. The van der Waals surface area contributed by atoms with Gasteiger partial charge >= 0.3 is 5.97 Å². The summed E-state index contributed by atoms with van der Waals surface area (Å²) in [4.78, 5) is 11.7. The minimum atomic E-state index is -3.78. The summed E-state index contributed by atoms with van der Waals surface area (Å²) in [5.41, 5.74) is 0.952. The van der Waals surface area contributed by atoms with E-state index in [1.54, 1.807) is 42.5 Å². The monoisotopic (exact) mass is 487 g/mol. The van der Waals surface area contributed by atoms with Gasteiger partial charge in [0.05, 0.1) is 11.4 Å².